The molecule has 3 aromatic rings. The number of hydrogen-bond donors (Lipinski definition) is 1. The van der Waals surface area contributed by atoms with E-state index < -0.39 is 5.91 Å². The number of nitrogens with one attached hydrogen (secondary N) is 1. The van der Waals surface area contributed by atoms with Gasteiger partial charge in [-0.3, -0.25) is 4.79 Å². The van der Waals surface area contributed by atoms with Gasteiger partial charge in [0.2, 0.25) is 0 Å². The van der Waals surface area contributed by atoms with E-state index >= 15 is 0 Å². The van der Waals surface area contributed by atoms with E-state index in [9.17, 15) is 10.1 Å². The van der Waals surface area contributed by atoms with Gasteiger partial charge in [0.1, 0.15) is 17.4 Å². The third-order valence-electron chi connectivity index (χ3n) is 4.89. The van der Waals surface area contributed by atoms with E-state index in [0.29, 0.717) is 24.5 Å². The molecule has 0 bridgehead atoms. The molecule has 0 aliphatic carbocycles. The van der Waals surface area contributed by atoms with Crippen LogP contribution in [0, 0.1) is 11.3 Å². The first kappa shape index (κ1) is 21.7. The molecule has 0 fully saturated rings. The van der Waals surface area contributed by atoms with E-state index in [0.717, 1.165) is 27.6 Å². The van der Waals surface area contributed by atoms with Gasteiger partial charge in [0.05, 0.1) is 21.3 Å². The molecule has 0 aliphatic heterocycles. The fourth-order valence-corrected chi connectivity index (χ4v) is 3.23. The van der Waals surface area contributed by atoms with Gasteiger partial charge >= 0.3 is 0 Å². The molecule has 0 heterocycles. The highest BCUT2D eigenvalue weighted by Crippen LogP contribution is 2.27. The fraction of sp³-hybridized carbons (Fsp3) is 0.200. The van der Waals surface area contributed by atoms with Crippen LogP contribution in [0.4, 0.5) is 0 Å². The van der Waals surface area contributed by atoms with Gasteiger partial charge in [-0.25, -0.2) is 0 Å². The summed E-state index contributed by atoms with van der Waals surface area (Å²) < 4.78 is 15.8. The van der Waals surface area contributed by atoms with Crippen LogP contribution < -0.4 is 19.5 Å². The quantitative estimate of drug-likeness (QED) is 0.441. The lowest BCUT2D eigenvalue weighted by Crippen LogP contribution is -2.26. The lowest BCUT2D eigenvalue weighted by Gasteiger charge is -2.10. The molecule has 0 spiro atoms. The molecule has 3 aromatic carbocycles. The smallest absolute Gasteiger partial charge is 0.261 e. The molecule has 0 aromatic heterocycles. The number of carbonyl (C=O) groups is 1. The second-order valence-corrected chi connectivity index (χ2v) is 6.84. The van der Waals surface area contributed by atoms with Crippen molar-refractivity contribution in [3.05, 3.63) is 71.3 Å². The number of amides is 1. The van der Waals surface area contributed by atoms with Crippen LogP contribution in [0.3, 0.4) is 0 Å². The summed E-state index contributed by atoms with van der Waals surface area (Å²) in [4.78, 5) is 12.5. The Morgan fingerprint density at radius 1 is 0.935 bits per heavy atom. The van der Waals surface area contributed by atoms with Crippen molar-refractivity contribution in [3.63, 3.8) is 0 Å². The predicted molar refractivity (Wildman–Crippen MR) is 120 cm³/mol. The average molecular weight is 416 g/mol. The summed E-state index contributed by atoms with van der Waals surface area (Å²) in [7, 11) is 4.79. The van der Waals surface area contributed by atoms with Crippen molar-refractivity contribution in [2.24, 2.45) is 0 Å². The van der Waals surface area contributed by atoms with Gasteiger partial charge in [-0.2, -0.15) is 5.26 Å². The summed E-state index contributed by atoms with van der Waals surface area (Å²) >= 11 is 0. The Bertz CT molecular complexity index is 1160. The third kappa shape index (κ3) is 5.34. The predicted octanol–water partition coefficient (Wildman–Crippen LogP) is 4.13. The van der Waals surface area contributed by atoms with E-state index in [1.165, 1.54) is 0 Å². The van der Waals surface area contributed by atoms with Crippen LogP contribution in [0.2, 0.25) is 0 Å². The molecular formula is C25H24N2O4. The van der Waals surface area contributed by atoms with E-state index in [1.54, 1.807) is 27.4 Å². The highest BCUT2D eigenvalue weighted by molar-refractivity contribution is 6.02. The molecule has 0 saturated heterocycles. The Morgan fingerprint density at radius 3 is 2.39 bits per heavy atom. The van der Waals surface area contributed by atoms with E-state index in [4.69, 9.17) is 14.2 Å². The topological polar surface area (TPSA) is 80.6 Å². The summed E-state index contributed by atoms with van der Waals surface area (Å²) in [6.07, 6.45) is 2.19. The number of carbonyl (C=O) groups excluding carboxylic acids is 1. The number of methoxy groups -OCH3 is 3. The average Bonchev–Trinajstić information content (AvgIpc) is 2.81. The van der Waals surface area contributed by atoms with Crippen molar-refractivity contribution >= 4 is 22.8 Å². The molecule has 158 valence electrons. The third-order valence-corrected chi connectivity index (χ3v) is 4.89. The molecule has 3 rings (SSSR count). The first-order valence-corrected chi connectivity index (χ1v) is 9.76. The molecule has 0 aliphatic rings. The second-order valence-electron chi connectivity index (χ2n) is 6.84. The van der Waals surface area contributed by atoms with Crippen molar-refractivity contribution < 1.29 is 19.0 Å². The van der Waals surface area contributed by atoms with E-state index in [-0.39, 0.29) is 5.57 Å². The van der Waals surface area contributed by atoms with Crippen LogP contribution in [0.25, 0.3) is 16.8 Å². The first-order valence-electron chi connectivity index (χ1n) is 9.76. The molecule has 0 atom stereocenters. The van der Waals surface area contributed by atoms with Gasteiger partial charge in [-0.15, -0.1) is 0 Å². The fourth-order valence-electron chi connectivity index (χ4n) is 3.23. The summed E-state index contributed by atoms with van der Waals surface area (Å²) in [6.45, 7) is 0.394. The van der Waals surface area contributed by atoms with Crippen LogP contribution >= 0.6 is 0 Å². The lowest BCUT2D eigenvalue weighted by molar-refractivity contribution is -0.117. The van der Waals surface area contributed by atoms with Gasteiger partial charge in [-0.05, 0) is 64.7 Å². The number of hydrogen-bond acceptors (Lipinski definition) is 5. The zero-order valence-corrected chi connectivity index (χ0v) is 17.8. The molecule has 0 saturated carbocycles. The van der Waals surface area contributed by atoms with Crippen molar-refractivity contribution in [3.8, 4) is 23.3 Å². The van der Waals surface area contributed by atoms with Gasteiger partial charge in [0.15, 0.2) is 11.5 Å². The van der Waals surface area contributed by atoms with Gasteiger partial charge in [-0.1, -0.05) is 24.3 Å². The summed E-state index contributed by atoms with van der Waals surface area (Å²) in [5.74, 6) is 1.66. The van der Waals surface area contributed by atoms with Gasteiger partial charge < -0.3 is 19.5 Å². The minimum absolute atomic E-state index is 0.0557. The normalized spacial score (nSPS) is 11.0. The standard InChI is InChI=1S/C25H24N2O4/c1-29-22-8-7-19-12-18(4-6-20(19)15-22)13-21(16-26)25(28)27-11-10-17-5-9-23(30-2)24(14-17)31-3/h4-9,12-15H,10-11H2,1-3H3,(H,27,28)/b21-13+. The lowest BCUT2D eigenvalue weighted by atomic mass is 10.0. The summed E-state index contributed by atoms with van der Waals surface area (Å²) in [5.41, 5.74) is 1.83. The first-order chi connectivity index (χ1) is 15.1. The van der Waals surface area contributed by atoms with Crippen molar-refractivity contribution in [1.82, 2.24) is 5.32 Å². The molecule has 31 heavy (non-hydrogen) atoms. The molecule has 6 nitrogen and oxygen atoms in total. The Labute approximate surface area is 181 Å². The SMILES string of the molecule is COc1ccc2cc(/C=C(\C#N)C(=O)NCCc3ccc(OC)c(OC)c3)ccc2c1. The Kier molecular flexibility index (Phi) is 7.13. The Morgan fingerprint density at radius 2 is 1.68 bits per heavy atom. The van der Waals surface area contributed by atoms with Crippen LogP contribution in [0.5, 0.6) is 17.2 Å². The van der Waals surface area contributed by atoms with Crippen LogP contribution in [-0.2, 0) is 11.2 Å². The van der Waals surface area contributed by atoms with Gasteiger partial charge in [0, 0.05) is 6.54 Å². The highest BCUT2D eigenvalue weighted by Gasteiger charge is 2.10. The maximum atomic E-state index is 12.5. The van der Waals surface area contributed by atoms with Crippen molar-refractivity contribution in [2.45, 2.75) is 6.42 Å². The molecule has 0 radical (unpaired) electrons. The molecule has 1 N–H and O–H groups in total. The van der Waals surface area contributed by atoms with Crippen molar-refractivity contribution in [1.29, 1.82) is 5.26 Å². The van der Waals surface area contributed by atoms with Crippen LogP contribution in [-0.4, -0.2) is 33.8 Å². The van der Waals surface area contributed by atoms with Crippen LogP contribution in [0.1, 0.15) is 11.1 Å². The van der Waals surface area contributed by atoms with E-state index in [2.05, 4.69) is 5.32 Å². The minimum atomic E-state index is -0.405. The number of rotatable bonds is 8. The molecule has 0 unspecified atom stereocenters. The zero-order valence-electron chi connectivity index (χ0n) is 17.8. The van der Waals surface area contributed by atoms with E-state index in [1.807, 2.05) is 60.7 Å². The molecule has 6 heteroatoms. The number of ether oxygens (including phenoxy) is 3. The number of nitrogens with zero attached hydrogens (tertiary/aromatic N) is 1. The second kappa shape index (κ2) is 10.2. The van der Waals surface area contributed by atoms with Crippen molar-refractivity contribution in [2.75, 3.05) is 27.9 Å². The highest BCUT2D eigenvalue weighted by atomic mass is 16.5. The number of nitriles is 1. The number of benzene rings is 3. The zero-order chi connectivity index (χ0) is 22.2. The monoisotopic (exact) mass is 416 g/mol. The van der Waals surface area contributed by atoms with Crippen LogP contribution in [0.15, 0.2) is 60.2 Å². The summed E-state index contributed by atoms with van der Waals surface area (Å²) in [5, 5.41) is 14.3. The minimum Gasteiger partial charge on any atom is -0.497 e. The maximum absolute atomic E-state index is 12.5. The maximum Gasteiger partial charge on any atom is 0.261 e. The molecular weight excluding hydrogens is 392 g/mol. The Hall–Kier alpha value is -3.98. The van der Waals surface area contributed by atoms with Gasteiger partial charge in [0.25, 0.3) is 5.91 Å². The largest absolute Gasteiger partial charge is 0.497 e. The summed E-state index contributed by atoms with van der Waals surface area (Å²) in [6, 6.07) is 19.1. The molecule has 1 amide bonds. The Balaban J connectivity index is 1.66. The number of fused-ring (bicyclic) bond motifs is 1.